The second kappa shape index (κ2) is 4.53. The summed E-state index contributed by atoms with van der Waals surface area (Å²) in [4.78, 5) is 10.9. The number of carboxylic acid groups (broad SMARTS) is 1. The summed E-state index contributed by atoms with van der Waals surface area (Å²) in [7, 11) is 1.82. The molecule has 0 saturated heterocycles. The number of carbonyl (C=O) groups is 1. The van der Waals surface area contributed by atoms with Gasteiger partial charge in [-0.3, -0.25) is 9.48 Å². The molecule has 4 nitrogen and oxygen atoms in total. The van der Waals surface area contributed by atoms with Gasteiger partial charge in [0.25, 0.3) is 0 Å². The second-order valence-corrected chi connectivity index (χ2v) is 5.08. The zero-order valence-electron chi connectivity index (χ0n) is 10.9. The van der Waals surface area contributed by atoms with Crippen LogP contribution in [0.25, 0.3) is 11.3 Å². The van der Waals surface area contributed by atoms with Gasteiger partial charge >= 0.3 is 5.97 Å². The number of aromatic nitrogens is 2. The second-order valence-electron chi connectivity index (χ2n) is 5.08. The van der Waals surface area contributed by atoms with Gasteiger partial charge in [0, 0.05) is 24.4 Å². The number of aryl methyl sites for hydroxylation is 3. The Balaban J connectivity index is 2.04. The number of hydrogen-bond donors (Lipinski definition) is 1. The number of hydrogen-bond acceptors (Lipinski definition) is 2. The number of aliphatic carboxylic acids is 1. The summed E-state index contributed by atoms with van der Waals surface area (Å²) in [5, 5.41) is 13.4. The fourth-order valence-corrected chi connectivity index (χ4v) is 2.79. The van der Waals surface area contributed by atoms with Crippen molar-refractivity contribution in [2.75, 3.05) is 0 Å². The van der Waals surface area contributed by atoms with Crippen molar-refractivity contribution < 1.29 is 9.90 Å². The van der Waals surface area contributed by atoms with E-state index in [1.807, 2.05) is 7.05 Å². The van der Waals surface area contributed by atoms with Crippen LogP contribution in [0.5, 0.6) is 0 Å². The summed E-state index contributed by atoms with van der Waals surface area (Å²) in [6.07, 6.45) is 5.28. The van der Waals surface area contributed by atoms with Crippen LogP contribution in [0.2, 0.25) is 0 Å². The third kappa shape index (κ3) is 2.26. The minimum absolute atomic E-state index is 0.0141. The lowest BCUT2D eigenvalue weighted by atomic mass is 10.0. The lowest BCUT2D eigenvalue weighted by Gasteiger charge is -2.04. The highest BCUT2D eigenvalue weighted by Crippen LogP contribution is 2.29. The summed E-state index contributed by atoms with van der Waals surface area (Å²) in [5.41, 5.74) is 5.38. The van der Waals surface area contributed by atoms with E-state index in [-0.39, 0.29) is 6.42 Å². The molecule has 0 saturated carbocycles. The highest BCUT2D eigenvalue weighted by molar-refractivity contribution is 5.75. The van der Waals surface area contributed by atoms with Gasteiger partial charge in [-0.2, -0.15) is 5.10 Å². The largest absolute Gasteiger partial charge is 0.481 e. The maximum atomic E-state index is 10.9. The van der Waals surface area contributed by atoms with Gasteiger partial charge in [-0.15, -0.1) is 0 Å². The predicted octanol–water partition coefficient (Wildman–Crippen LogP) is 2.20. The third-order valence-electron chi connectivity index (χ3n) is 3.62. The van der Waals surface area contributed by atoms with Crippen LogP contribution < -0.4 is 0 Å². The first-order valence-corrected chi connectivity index (χ1v) is 6.50. The molecule has 0 bridgehead atoms. The molecule has 1 aromatic carbocycles. The maximum absolute atomic E-state index is 10.9. The van der Waals surface area contributed by atoms with Crippen LogP contribution in [0.1, 0.15) is 23.1 Å². The Morgan fingerprint density at radius 1 is 1.37 bits per heavy atom. The Labute approximate surface area is 111 Å². The molecule has 0 unspecified atom stereocenters. The first-order valence-electron chi connectivity index (χ1n) is 6.50. The van der Waals surface area contributed by atoms with E-state index in [0.29, 0.717) is 0 Å². The van der Waals surface area contributed by atoms with E-state index in [1.54, 1.807) is 10.9 Å². The average Bonchev–Trinajstić information content (AvgIpc) is 2.93. The van der Waals surface area contributed by atoms with Crippen LogP contribution in [0.4, 0.5) is 0 Å². The Kier molecular flexibility index (Phi) is 2.85. The van der Waals surface area contributed by atoms with Crippen LogP contribution in [-0.2, 0) is 31.1 Å². The van der Waals surface area contributed by atoms with E-state index in [0.717, 1.165) is 29.7 Å². The topological polar surface area (TPSA) is 55.1 Å². The number of carboxylic acids is 1. The van der Waals surface area contributed by atoms with E-state index in [2.05, 4.69) is 23.3 Å². The molecule has 2 aromatic rings. The van der Waals surface area contributed by atoms with Gasteiger partial charge in [0.1, 0.15) is 0 Å². The average molecular weight is 256 g/mol. The molecule has 1 aromatic heterocycles. The van der Waals surface area contributed by atoms with Gasteiger partial charge in [0.05, 0.1) is 12.1 Å². The van der Waals surface area contributed by atoms with E-state index < -0.39 is 5.97 Å². The first-order chi connectivity index (χ1) is 9.13. The number of fused-ring (bicyclic) bond motifs is 1. The van der Waals surface area contributed by atoms with Gasteiger partial charge in [0.15, 0.2) is 0 Å². The van der Waals surface area contributed by atoms with Crippen LogP contribution in [0.3, 0.4) is 0 Å². The van der Waals surface area contributed by atoms with Crippen molar-refractivity contribution in [3.8, 4) is 11.3 Å². The Morgan fingerprint density at radius 3 is 2.95 bits per heavy atom. The minimum Gasteiger partial charge on any atom is -0.481 e. The summed E-state index contributed by atoms with van der Waals surface area (Å²) in [6.45, 7) is 0. The van der Waals surface area contributed by atoms with Crippen LogP contribution in [0, 0.1) is 0 Å². The molecule has 0 atom stereocenters. The van der Waals surface area contributed by atoms with Gasteiger partial charge in [0.2, 0.25) is 0 Å². The van der Waals surface area contributed by atoms with Crippen molar-refractivity contribution in [1.29, 1.82) is 0 Å². The van der Waals surface area contributed by atoms with E-state index >= 15 is 0 Å². The van der Waals surface area contributed by atoms with Gasteiger partial charge in [-0.05, 0) is 36.5 Å². The van der Waals surface area contributed by atoms with E-state index in [4.69, 9.17) is 5.11 Å². The first kappa shape index (κ1) is 12.0. The minimum atomic E-state index is -0.824. The standard InChI is InChI=1S/C15H16N2O2/c1-17-9-13(8-14(18)19)15(16-17)12-6-5-10-3-2-4-11(10)7-12/h5-7,9H,2-4,8H2,1H3,(H,18,19). The SMILES string of the molecule is Cn1cc(CC(=O)O)c(-c2ccc3c(c2)CCC3)n1. The summed E-state index contributed by atoms with van der Waals surface area (Å²) < 4.78 is 1.68. The Morgan fingerprint density at radius 2 is 2.16 bits per heavy atom. The molecular formula is C15H16N2O2. The van der Waals surface area contributed by atoms with Gasteiger partial charge in [-0.25, -0.2) is 0 Å². The molecule has 19 heavy (non-hydrogen) atoms. The smallest absolute Gasteiger partial charge is 0.307 e. The lowest BCUT2D eigenvalue weighted by molar-refractivity contribution is -0.136. The highest BCUT2D eigenvalue weighted by atomic mass is 16.4. The van der Waals surface area contributed by atoms with Crippen molar-refractivity contribution in [3.63, 3.8) is 0 Å². The molecule has 98 valence electrons. The molecule has 0 spiro atoms. The van der Waals surface area contributed by atoms with Crippen molar-refractivity contribution >= 4 is 5.97 Å². The molecule has 0 radical (unpaired) electrons. The molecule has 0 amide bonds. The van der Waals surface area contributed by atoms with Crippen molar-refractivity contribution in [2.45, 2.75) is 25.7 Å². The zero-order valence-corrected chi connectivity index (χ0v) is 10.9. The molecule has 0 aliphatic heterocycles. The maximum Gasteiger partial charge on any atom is 0.307 e. The molecule has 1 aliphatic rings. The Bertz CT molecular complexity index is 644. The van der Waals surface area contributed by atoms with E-state index in [9.17, 15) is 4.79 Å². The summed E-state index contributed by atoms with van der Waals surface area (Å²) >= 11 is 0. The van der Waals surface area contributed by atoms with Crippen LogP contribution in [0.15, 0.2) is 24.4 Å². The summed E-state index contributed by atoms with van der Waals surface area (Å²) in [5.74, 6) is -0.824. The molecule has 0 fully saturated rings. The molecule has 1 N–H and O–H groups in total. The highest BCUT2D eigenvalue weighted by Gasteiger charge is 2.16. The van der Waals surface area contributed by atoms with Crippen molar-refractivity contribution in [1.82, 2.24) is 9.78 Å². The predicted molar refractivity (Wildman–Crippen MR) is 72.0 cm³/mol. The zero-order chi connectivity index (χ0) is 13.4. The lowest BCUT2D eigenvalue weighted by Crippen LogP contribution is -2.00. The monoisotopic (exact) mass is 256 g/mol. The Hall–Kier alpha value is -2.10. The fraction of sp³-hybridized carbons (Fsp3) is 0.333. The number of rotatable bonds is 3. The molecule has 1 heterocycles. The van der Waals surface area contributed by atoms with Crippen molar-refractivity contribution in [2.24, 2.45) is 7.05 Å². The summed E-state index contributed by atoms with van der Waals surface area (Å²) in [6, 6.07) is 6.37. The normalized spacial score (nSPS) is 13.5. The quantitative estimate of drug-likeness (QED) is 0.916. The van der Waals surface area contributed by atoms with Crippen molar-refractivity contribution in [3.05, 3.63) is 41.1 Å². The van der Waals surface area contributed by atoms with Crippen LogP contribution in [-0.4, -0.2) is 20.9 Å². The van der Waals surface area contributed by atoms with Crippen LogP contribution >= 0.6 is 0 Å². The van der Waals surface area contributed by atoms with E-state index in [1.165, 1.54) is 17.5 Å². The molecule has 4 heteroatoms. The van der Waals surface area contributed by atoms with Gasteiger partial charge in [-0.1, -0.05) is 12.1 Å². The fourth-order valence-electron chi connectivity index (χ4n) is 2.79. The third-order valence-corrected chi connectivity index (χ3v) is 3.62. The molecule has 3 rings (SSSR count). The number of nitrogens with zero attached hydrogens (tertiary/aromatic N) is 2. The molecule has 1 aliphatic carbocycles. The molecular weight excluding hydrogens is 240 g/mol. The number of benzene rings is 1. The van der Waals surface area contributed by atoms with Gasteiger partial charge < -0.3 is 5.11 Å².